The number of methoxy groups -OCH3 is 3. The number of ether oxygens (including phenoxy) is 3. The highest BCUT2D eigenvalue weighted by Crippen LogP contribution is 2.41. The number of thiophene rings is 1. The molecule has 9 nitrogen and oxygen atoms in total. The number of rotatable bonds is 8. The lowest BCUT2D eigenvalue weighted by atomic mass is 9.90. The predicted octanol–water partition coefficient (Wildman–Crippen LogP) is 4.01. The second-order valence-electron chi connectivity index (χ2n) is 7.83. The van der Waals surface area contributed by atoms with Crippen molar-refractivity contribution in [2.75, 3.05) is 26.2 Å². The molecule has 0 atom stereocenters. The molecule has 0 fully saturated rings. The Morgan fingerprint density at radius 1 is 1.03 bits per heavy atom. The quantitative estimate of drug-likeness (QED) is 0.366. The van der Waals surface area contributed by atoms with Crippen molar-refractivity contribution >= 4 is 52.4 Å². The van der Waals surface area contributed by atoms with Crippen molar-refractivity contribution < 1.29 is 37.8 Å². The van der Waals surface area contributed by atoms with E-state index < -0.39 is 28.9 Å². The van der Waals surface area contributed by atoms with Crippen LogP contribution in [0.3, 0.4) is 0 Å². The van der Waals surface area contributed by atoms with E-state index in [2.05, 4.69) is 9.72 Å². The number of esters is 3. The fourth-order valence-electron chi connectivity index (χ4n) is 3.85. The number of anilines is 1. The van der Waals surface area contributed by atoms with Gasteiger partial charge in [0.2, 0.25) is 5.13 Å². The van der Waals surface area contributed by atoms with E-state index in [9.17, 15) is 19.2 Å². The zero-order valence-electron chi connectivity index (χ0n) is 19.9. The Labute approximate surface area is 215 Å². The molecule has 36 heavy (non-hydrogen) atoms. The van der Waals surface area contributed by atoms with Gasteiger partial charge < -0.3 is 14.2 Å². The van der Waals surface area contributed by atoms with E-state index in [0.717, 1.165) is 4.90 Å². The zero-order valence-corrected chi connectivity index (χ0v) is 21.5. The number of carbonyl (C=O) groups excluding carboxylic acids is 4. The van der Waals surface area contributed by atoms with Crippen LogP contribution in [0.5, 0.6) is 0 Å². The molecule has 12 heteroatoms. The van der Waals surface area contributed by atoms with Crippen LogP contribution in [0.15, 0.2) is 29.6 Å². The highest BCUT2D eigenvalue weighted by Gasteiger charge is 2.33. The van der Waals surface area contributed by atoms with Gasteiger partial charge in [-0.1, -0.05) is 11.6 Å². The summed E-state index contributed by atoms with van der Waals surface area (Å²) in [7, 11) is 3.64. The number of pyridine rings is 1. The van der Waals surface area contributed by atoms with Crippen molar-refractivity contribution in [2.45, 2.75) is 38.6 Å². The van der Waals surface area contributed by atoms with Crippen molar-refractivity contribution in [2.24, 2.45) is 0 Å². The molecule has 0 saturated heterocycles. The summed E-state index contributed by atoms with van der Waals surface area (Å²) in [5.74, 6) is -2.52. The molecular weight excluding hydrogens is 515 g/mol. The van der Waals surface area contributed by atoms with Crippen LogP contribution >= 0.6 is 22.9 Å². The average Bonchev–Trinajstić information content (AvgIpc) is 3.17. The number of halogens is 2. The van der Waals surface area contributed by atoms with E-state index in [0.29, 0.717) is 42.6 Å². The molecule has 3 rings (SSSR count). The SMILES string of the molecule is COC(=O)Cc1sc(F)c(N(Cc2cncc(C(=O)OC)c2)C(=O)C2=C(C(=O)OC)CCCC2)c1Cl. The molecule has 1 amide bonds. The second kappa shape index (κ2) is 12.1. The lowest BCUT2D eigenvalue weighted by Gasteiger charge is -2.27. The van der Waals surface area contributed by atoms with Crippen LogP contribution in [0.1, 0.15) is 46.5 Å². The molecule has 2 aromatic heterocycles. The molecule has 0 N–H and O–H groups in total. The first-order valence-corrected chi connectivity index (χ1v) is 12.1. The highest BCUT2D eigenvalue weighted by molar-refractivity contribution is 7.11. The predicted molar refractivity (Wildman–Crippen MR) is 129 cm³/mol. The number of carbonyl (C=O) groups is 4. The standard InChI is InChI=1S/C24H24ClFN2O7S/c1-33-18(29)9-17-19(25)20(21(26)36-17)28(12-13-8-14(11-27-10-13)23(31)34-2)22(30)15-6-4-5-7-16(15)24(32)35-3/h8,10-11H,4-7,9,12H2,1-3H3. The van der Waals surface area contributed by atoms with Crippen LogP contribution in [0.2, 0.25) is 5.02 Å². The first-order valence-electron chi connectivity index (χ1n) is 10.9. The smallest absolute Gasteiger partial charge is 0.339 e. The molecule has 1 aliphatic carbocycles. The van der Waals surface area contributed by atoms with Crippen molar-refractivity contribution in [1.29, 1.82) is 0 Å². The summed E-state index contributed by atoms with van der Waals surface area (Å²) in [6.45, 7) is -0.223. The molecule has 2 aromatic rings. The van der Waals surface area contributed by atoms with Crippen LogP contribution in [-0.2, 0) is 41.6 Å². The Morgan fingerprint density at radius 3 is 2.33 bits per heavy atom. The third kappa shape index (κ3) is 5.90. The molecular formula is C24H24ClFN2O7S. The van der Waals surface area contributed by atoms with Crippen LogP contribution in [0, 0.1) is 5.13 Å². The number of amides is 1. The Balaban J connectivity index is 2.13. The second-order valence-corrected chi connectivity index (χ2v) is 9.27. The summed E-state index contributed by atoms with van der Waals surface area (Å²) in [5, 5.41) is -0.912. The summed E-state index contributed by atoms with van der Waals surface area (Å²) in [5.41, 5.74) is 0.704. The monoisotopic (exact) mass is 538 g/mol. The molecule has 0 aliphatic heterocycles. The summed E-state index contributed by atoms with van der Waals surface area (Å²) >= 11 is 7.10. The van der Waals surface area contributed by atoms with Gasteiger partial charge in [0.1, 0.15) is 5.69 Å². The van der Waals surface area contributed by atoms with Gasteiger partial charge in [0.05, 0.1) is 44.9 Å². The van der Waals surface area contributed by atoms with E-state index in [4.69, 9.17) is 21.1 Å². The number of hydrogen-bond donors (Lipinski definition) is 0. The molecule has 0 bridgehead atoms. The lowest BCUT2D eigenvalue weighted by molar-refractivity contribution is -0.139. The fraction of sp³-hybridized carbons (Fsp3) is 0.375. The summed E-state index contributed by atoms with van der Waals surface area (Å²) in [6.07, 6.45) is 4.41. The van der Waals surface area contributed by atoms with Crippen molar-refractivity contribution in [1.82, 2.24) is 4.98 Å². The molecule has 0 saturated carbocycles. The van der Waals surface area contributed by atoms with E-state index >= 15 is 4.39 Å². The van der Waals surface area contributed by atoms with Crippen LogP contribution in [-0.4, -0.2) is 50.1 Å². The zero-order chi connectivity index (χ0) is 26.4. The third-order valence-corrected chi connectivity index (χ3v) is 7.10. The molecule has 0 unspecified atom stereocenters. The third-order valence-electron chi connectivity index (χ3n) is 5.61. The fourth-order valence-corrected chi connectivity index (χ4v) is 5.18. The summed E-state index contributed by atoms with van der Waals surface area (Å²) in [4.78, 5) is 55.3. The Bertz CT molecular complexity index is 1230. The minimum absolute atomic E-state index is 0.121. The van der Waals surface area contributed by atoms with Crippen molar-refractivity contribution in [3.05, 3.63) is 55.8 Å². The van der Waals surface area contributed by atoms with Gasteiger partial charge in [-0.25, -0.2) is 9.59 Å². The summed E-state index contributed by atoms with van der Waals surface area (Å²) < 4.78 is 29.5. The maximum atomic E-state index is 15.3. The van der Waals surface area contributed by atoms with Gasteiger partial charge >= 0.3 is 17.9 Å². The average molecular weight is 539 g/mol. The van der Waals surface area contributed by atoms with Crippen molar-refractivity contribution in [3.8, 4) is 0 Å². The molecule has 0 spiro atoms. The van der Waals surface area contributed by atoms with E-state index in [1.54, 1.807) is 0 Å². The Hall–Kier alpha value is -3.31. The van der Waals surface area contributed by atoms with Gasteiger partial charge in [0.25, 0.3) is 5.91 Å². The number of hydrogen-bond acceptors (Lipinski definition) is 9. The normalized spacial score (nSPS) is 13.2. The van der Waals surface area contributed by atoms with Crippen molar-refractivity contribution in [3.63, 3.8) is 0 Å². The first kappa shape index (κ1) is 27.3. The van der Waals surface area contributed by atoms with E-state index in [-0.39, 0.29) is 45.3 Å². The maximum Gasteiger partial charge on any atom is 0.339 e. The van der Waals surface area contributed by atoms with Gasteiger partial charge in [-0.3, -0.25) is 19.5 Å². The molecule has 2 heterocycles. The van der Waals surface area contributed by atoms with Gasteiger partial charge in [-0.15, -0.1) is 11.3 Å². The molecule has 0 radical (unpaired) electrons. The Kier molecular flexibility index (Phi) is 9.16. The lowest BCUT2D eigenvalue weighted by Crippen LogP contribution is -2.34. The maximum absolute atomic E-state index is 15.3. The topological polar surface area (TPSA) is 112 Å². The first-order chi connectivity index (χ1) is 17.2. The largest absolute Gasteiger partial charge is 0.469 e. The minimum Gasteiger partial charge on any atom is -0.469 e. The van der Waals surface area contributed by atoms with Crippen LogP contribution in [0.4, 0.5) is 10.1 Å². The van der Waals surface area contributed by atoms with E-state index in [1.807, 2.05) is 0 Å². The van der Waals surface area contributed by atoms with Gasteiger partial charge in [-0.05, 0) is 37.3 Å². The summed E-state index contributed by atoms with van der Waals surface area (Å²) in [6, 6.07) is 1.46. The van der Waals surface area contributed by atoms with Crippen LogP contribution in [0.25, 0.3) is 0 Å². The van der Waals surface area contributed by atoms with Gasteiger partial charge in [-0.2, -0.15) is 4.39 Å². The van der Waals surface area contributed by atoms with Crippen LogP contribution < -0.4 is 4.90 Å². The minimum atomic E-state index is -0.791. The Morgan fingerprint density at radius 2 is 1.69 bits per heavy atom. The van der Waals surface area contributed by atoms with Gasteiger partial charge in [0.15, 0.2) is 0 Å². The molecule has 1 aliphatic rings. The number of nitrogens with zero attached hydrogens (tertiary/aromatic N) is 2. The highest BCUT2D eigenvalue weighted by atomic mass is 35.5. The number of aromatic nitrogens is 1. The molecule has 0 aromatic carbocycles. The van der Waals surface area contributed by atoms with Gasteiger partial charge in [0, 0.05) is 28.4 Å². The van der Waals surface area contributed by atoms with E-state index in [1.165, 1.54) is 39.8 Å². The molecule has 192 valence electrons.